The van der Waals surface area contributed by atoms with Gasteiger partial charge in [-0.15, -0.1) is 0 Å². The number of hydrogen-bond acceptors (Lipinski definition) is 3. The minimum atomic E-state index is -0.445. The third-order valence-corrected chi connectivity index (χ3v) is 3.39. The molecular weight excluding hydrogens is 228 g/mol. The number of nitrogens with one attached hydrogen (secondary N) is 1. The molecule has 1 aliphatic rings. The van der Waals surface area contributed by atoms with E-state index in [1.54, 1.807) is 6.92 Å². The Labute approximate surface area is 108 Å². The zero-order chi connectivity index (χ0) is 13.3. The topological polar surface area (TPSA) is 72.9 Å². The fourth-order valence-corrected chi connectivity index (χ4v) is 2.23. The van der Waals surface area contributed by atoms with Crippen molar-refractivity contribution >= 4 is 5.91 Å². The van der Waals surface area contributed by atoms with Crippen molar-refractivity contribution in [2.75, 3.05) is 0 Å². The molecule has 2 rings (SSSR count). The highest BCUT2D eigenvalue weighted by atomic mass is 16.2. The van der Waals surface area contributed by atoms with E-state index < -0.39 is 6.04 Å². The van der Waals surface area contributed by atoms with Crippen LogP contribution in [0.5, 0.6) is 0 Å². The predicted molar refractivity (Wildman–Crippen MR) is 70.2 cm³/mol. The van der Waals surface area contributed by atoms with Gasteiger partial charge in [0, 0.05) is 24.7 Å². The molecule has 0 radical (unpaired) electrons. The third-order valence-electron chi connectivity index (χ3n) is 3.39. The van der Waals surface area contributed by atoms with Crippen LogP contribution in [0.4, 0.5) is 0 Å². The van der Waals surface area contributed by atoms with Gasteiger partial charge < -0.3 is 11.1 Å². The molecule has 1 aliphatic carbocycles. The van der Waals surface area contributed by atoms with Crippen LogP contribution in [0.2, 0.25) is 0 Å². The first kappa shape index (κ1) is 13.1. The molecule has 100 valence electrons. The summed E-state index contributed by atoms with van der Waals surface area (Å²) >= 11 is 0. The monoisotopic (exact) mass is 250 g/mol. The molecule has 18 heavy (non-hydrogen) atoms. The molecule has 1 aromatic rings. The molecule has 1 amide bonds. The maximum Gasteiger partial charge on any atom is 0.236 e. The van der Waals surface area contributed by atoms with Gasteiger partial charge in [0.25, 0.3) is 0 Å². The molecule has 0 saturated carbocycles. The number of aromatic nitrogens is 2. The second kappa shape index (κ2) is 5.10. The second-order valence-corrected chi connectivity index (χ2v) is 5.41. The smallest absolute Gasteiger partial charge is 0.236 e. The zero-order valence-corrected chi connectivity index (χ0v) is 11.3. The first-order valence-corrected chi connectivity index (χ1v) is 6.60. The Hall–Kier alpha value is -1.36. The van der Waals surface area contributed by atoms with E-state index in [0.29, 0.717) is 6.04 Å². The van der Waals surface area contributed by atoms with Crippen molar-refractivity contribution in [3.8, 4) is 0 Å². The number of nitrogens with zero attached hydrogens (tertiary/aromatic N) is 2. The van der Waals surface area contributed by atoms with E-state index in [1.165, 1.54) is 5.56 Å². The standard InChI is InChI=1S/C13H22N4O/c1-8(2)17-7-10-4-5-11(6-12(10)16-17)15-13(18)9(3)14/h7-9,11H,4-6,14H2,1-3H3,(H,15,18)/t9-,11?/m1/s1. The number of aryl methyl sites for hydroxylation is 1. The molecular formula is C13H22N4O. The quantitative estimate of drug-likeness (QED) is 0.833. The largest absolute Gasteiger partial charge is 0.352 e. The molecule has 1 aromatic heterocycles. The summed E-state index contributed by atoms with van der Waals surface area (Å²) in [4.78, 5) is 11.6. The Morgan fingerprint density at radius 2 is 2.28 bits per heavy atom. The van der Waals surface area contributed by atoms with Crippen LogP contribution in [0.1, 0.15) is 44.5 Å². The van der Waals surface area contributed by atoms with Crippen molar-refractivity contribution in [2.24, 2.45) is 5.73 Å². The molecule has 3 N–H and O–H groups in total. The zero-order valence-electron chi connectivity index (χ0n) is 11.3. The number of carbonyl (C=O) groups excluding carboxylic acids is 1. The minimum absolute atomic E-state index is 0.0771. The lowest BCUT2D eigenvalue weighted by atomic mass is 9.93. The lowest BCUT2D eigenvalue weighted by molar-refractivity contribution is -0.122. The van der Waals surface area contributed by atoms with Gasteiger partial charge in [0.05, 0.1) is 11.7 Å². The first-order valence-electron chi connectivity index (χ1n) is 6.60. The van der Waals surface area contributed by atoms with Crippen LogP contribution in [-0.2, 0) is 17.6 Å². The van der Waals surface area contributed by atoms with E-state index in [9.17, 15) is 4.79 Å². The molecule has 1 unspecified atom stereocenters. The minimum Gasteiger partial charge on any atom is -0.352 e. The SMILES string of the molecule is CC(C)n1cc2c(n1)CC(NC(=O)[C@@H](C)N)CC2. The molecule has 5 heteroatoms. The van der Waals surface area contributed by atoms with Crippen LogP contribution in [0.25, 0.3) is 0 Å². The van der Waals surface area contributed by atoms with Crippen LogP contribution in [-0.4, -0.2) is 27.8 Å². The van der Waals surface area contributed by atoms with E-state index in [1.807, 2.05) is 4.68 Å². The third kappa shape index (κ3) is 2.72. The van der Waals surface area contributed by atoms with Crippen LogP contribution < -0.4 is 11.1 Å². The molecule has 0 bridgehead atoms. The van der Waals surface area contributed by atoms with Gasteiger partial charge in [-0.3, -0.25) is 9.48 Å². The van der Waals surface area contributed by atoms with E-state index in [0.717, 1.165) is 25.0 Å². The fourth-order valence-electron chi connectivity index (χ4n) is 2.23. The summed E-state index contributed by atoms with van der Waals surface area (Å²) in [5, 5.41) is 7.57. The fraction of sp³-hybridized carbons (Fsp3) is 0.692. The molecule has 5 nitrogen and oxygen atoms in total. The highest BCUT2D eigenvalue weighted by Gasteiger charge is 2.24. The van der Waals surface area contributed by atoms with Gasteiger partial charge in [-0.05, 0) is 39.2 Å². The number of carbonyl (C=O) groups is 1. The highest BCUT2D eigenvalue weighted by molar-refractivity contribution is 5.81. The molecule has 2 atom stereocenters. The van der Waals surface area contributed by atoms with E-state index in [4.69, 9.17) is 5.73 Å². The summed E-state index contributed by atoms with van der Waals surface area (Å²) in [6, 6.07) is 0.110. The van der Waals surface area contributed by atoms with Crippen molar-refractivity contribution in [2.45, 2.75) is 58.2 Å². The average Bonchev–Trinajstić information content (AvgIpc) is 2.71. The van der Waals surface area contributed by atoms with Gasteiger partial charge in [0.1, 0.15) is 0 Å². The highest BCUT2D eigenvalue weighted by Crippen LogP contribution is 2.21. The molecule has 0 spiro atoms. The molecule has 0 aliphatic heterocycles. The Bertz CT molecular complexity index is 436. The van der Waals surface area contributed by atoms with Crippen LogP contribution >= 0.6 is 0 Å². The van der Waals surface area contributed by atoms with Gasteiger partial charge in [-0.2, -0.15) is 5.10 Å². The van der Waals surface area contributed by atoms with Crippen molar-refractivity contribution in [1.29, 1.82) is 0 Å². The van der Waals surface area contributed by atoms with Crippen molar-refractivity contribution in [3.05, 3.63) is 17.5 Å². The van der Waals surface area contributed by atoms with Gasteiger partial charge in [0.15, 0.2) is 0 Å². The van der Waals surface area contributed by atoms with E-state index >= 15 is 0 Å². The average molecular weight is 250 g/mol. The Morgan fingerprint density at radius 3 is 2.89 bits per heavy atom. The number of rotatable bonds is 3. The van der Waals surface area contributed by atoms with Gasteiger partial charge in [0.2, 0.25) is 5.91 Å². The maximum absolute atomic E-state index is 11.6. The lowest BCUT2D eigenvalue weighted by Gasteiger charge is -2.23. The summed E-state index contributed by atoms with van der Waals surface area (Å²) in [5.74, 6) is -0.0771. The Morgan fingerprint density at radius 1 is 1.56 bits per heavy atom. The van der Waals surface area contributed by atoms with Crippen LogP contribution in [0.15, 0.2) is 6.20 Å². The van der Waals surface area contributed by atoms with Crippen molar-refractivity contribution in [3.63, 3.8) is 0 Å². The van der Waals surface area contributed by atoms with Crippen molar-refractivity contribution in [1.82, 2.24) is 15.1 Å². The molecule has 1 heterocycles. The van der Waals surface area contributed by atoms with Gasteiger partial charge >= 0.3 is 0 Å². The summed E-state index contributed by atoms with van der Waals surface area (Å²) in [5.41, 5.74) is 7.99. The number of fused-ring (bicyclic) bond motifs is 1. The van der Waals surface area contributed by atoms with Crippen LogP contribution in [0.3, 0.4) is 0 Å². The predicted octanol–water partition coefficient (Wildman–Crippen LogP) is 0.785. The Balaban J connectivity index is 2.03. The summed E-state index contributed by atoms with van der Waals surface area (Å²) in [7, 11) is 0. The lowest BCUT2D eigenvalue weighted by Crippen LogP contribution is -2.45. The normalized spacial score (nSPS) is 20.6. The summed E-state index contributed by atoms with van der Waals surface area (Å²) in [6.45, 7) is 5.94. The number of hydrogen-bond donors (Lipinski definition) is 2. The van der Waals surface area contributed by atoms with Crippen LogP contribution in [0, 0.1) is 0 Å². The maximum atomic E-state index is 11.6. The van der Waals surface area contributed by atoms with Crippen molar-refractivity contribution < 1.29 is 4.79 Å². The first-order chi connectivity index (χ1) is 8.47. The molecule has 0 fully saturated rings. The van der Waals surface area contributed by atoms with E-state index in [2.05, 4.69) is 30.5 Å². The summed E-state index contributed by atoms with van der Waals surface area (Å²) < 4.78 is 2.00. The summed E-state index contributed by atoms with van der Waals surface area (Å²) in [6.07, 6.45) is 4.89. The second-order valence-electron chi connectivity index (χ2n) is 5.41. The van der Waals surface area contributed by atoms with Gasteiger partial charge in [-0.1, -0.05) is 0 Å². The molecule has 0 saturated heterocycles. The number of nitrogens with two attached hydrogens (primary N) is 1. The molecule has 0 aromatic carbocycles. The van der Waals surface area contributed by atoms with Gasteiger partial charge in [-0.25, -0.2) is 0 Å². The number of amides is 1. The Kier molecular flexibility index (Phi) is 3.71. The van der Waals surface area contributed by atoms with E-state index in [-0.39, 0.29) is 11.9 Å².